The van der Waals surface area contributed by atoms with Gasteiger partial charge < -0.3 is 11.1 Å². The molecule has 18 heavy (non-hydrogen) atoms. The molecule has 0 spiro atoms. The van der Waals surface area contributed by atoms with E-state index in [0.29, 0.717) is 0 Å². The van der Waals surface area contributed by atoms with Crippen LogP contribution in [0.4, 0.5) is 5.69 Å². The number of amides is 1. The molecule has 4 N–H and O–H groups in total. The van der Waals surface area contributed by atoms with Crippen LogP contribution < -0.4 is 11.1 Å². The largest absolute Gasteiger partial charge is 0.348 e. The highest BCUT2D eigenvalue weighted by atomic mass is 16.2. The zero-order chi connectivity index (χ0) is 13.0. The van der Waals surface area contributed by atoms with Gasteiger partial charge in [-0.15, -0.1) is 0 Å². The molecule has 0 radical (unpaired) electrons. The van der Waals surface area contributed by atoms with Crippen molar-refractivity contribution in [1.29, 1.82) is 0 Å². The minimum absolute atomic E-state index is 0.0692. The lowest BCUT2D eigenvalue weighted by Crippen LogP contribution is -2.64. The predicted octanol–water partition coefficient (Wildman–Crippen LogP) is 1.92. The molecule has 0 aromatic heterocycles. The van der Waals surface area contributed by atoms with Crippen molar-refractivity contribution >= 4 is 11.6 Å². The lowest BCUT2D eigenvalue weighted by atomic mass is 10.1. The van der Waals surface area contributed by atoms with Crippen LogP contribution in [0.15, 0.2) is 54.6 Å². The Morgan fingerprint density at radius 3 is 2.39 bits per heavy atom. The van der Waals surface area contributed by atoms with Crippen LogP contribution in [0.2, 0.25) is 0 Å². The van der Waals surface area contributed by atoms with Gasteiger partial charge >= 0.3 is 0 Å². The van der Waals surface area contributed by atoms with E-state index in [0.717, 1.165) is 16.8 Å². The van der Waals surface area contributed by atoms with Gasteiger partial charge in [-0.25, -0.2) is 0 Å². The van der Waals surface area contributed by atoms with Crippen molar-refractivity contribution in [1.82, 2.24) is 0 Å². The zero-order valence-electron chi connectivity index (χ0n) is 10.4. The average molecular weight is 241 g/mol. The molecule has 2 rings (SSSR count). The molecule has 1 amide bonds. The quantitative estimate of drug-likeness (QED) is 0.847. The molecule has 0 aliphatic heterocycles. The molecule has 0 saturated heterocycles. The second kappa shape index (κ2) is 5.47. The van der Waals surface area contributed by atoms with Gasteiger partial charge in [-0.1, -0.05) is 42.5 Å². The molecule has 0 heterocycles. The molecule has 0 bridgehead atoms. The normalized spacial score (nSPS) is 11.9. The molecule has 1 atom stereocenters. The topological polar surface area (TPSA) is 56.7 Å². The van der Waals surface area contributed by atoms with Gasteiger partial charge in [0, 0.05) is 5.69 Å². The molecule has 0 aliphatic carbocycles. The Kier molecular flexibility index (Phi) is 3.75. The Balaban J connectivity index is 2.23. The van der Waals surface area contributed by atoms with Crippen LogP contribution in [0.3, 0.4) is 0 Å². The molecular formula is C15H17N2O+. The molecule has 2 aromatic rings. The summed E-state index contributed by atoms with van der Waals surface area (Å²) in [6.07, 6.45) is 0. The van der Waals surface area contributed by atoms with Crippen molar-refractivity contribution in [2.24, 2.45) is 0 Å². The Morgan fingerprint density at radius 1 is 1.06 bits per heavy atom. The van der Waals surface area contributed by atoms with Gasteiger partial charge in [0.25, 0.3) is 5.91 Å². The van der Waals surface area contributed by atoms with E-state index in [4.69, 9.17) is 0 Å². The first-order valence-corrected chi connectivity index (χ1v) is 5.96. The number of carbonyl (C=O) groups is 1. The first-order valence-electron chi connectivity index (χ1n) is 5.96. The van der Waals surface area contributed by atoms with Crippen molar-refractivity contribution in [3.8, 4) is 11.1 Å². The summed E-state index contributed by atoms with van der Waals surface area (Å²) < 4.78 is 0. The molecule has 3 heteroatoms. The molecule has 0 saturated carbocycles. The van der Waals surface area contributed by atoms with E-state index in [1.807, 2.05) is 54.6 Å². The first kappa shape index (κ1) is 12.3. The number of anilines is 1. The molecular weight excluding hydrogens is 224 g/mol. The summed E-state index contributed by atoms with van der Waals surface area (Å²) in [6.45, 7) is 1.77. The van der Waals surface area contributed by atoms with E-state index in [1.165, 1.54) is 0 Å². The van der Waals surface area contributed by atoms with Crippen molar-refractivity contribution < 1.29 is 10.5 Å². The Labute approximate surface area is 107 Å². The van der Waals surface area contributed by atoms with E-state index in [1.54, 1.807) is 6.92 Å². The van der Waals surface area contributed by atoms with Gasteiger partial charge in [0.15, 0.2) is 6.04 Å². The minimum Gasteiger partial charge on any atom is -0.348 e. The molecule has 1 unspecified atom stereocenters. The zero-order valence-corrected chi connectivity index (χ0v) is 10.4. The summed E-state index contributed by atoms with van der Waals surface area (Å²) in [4.78, 5) is 11.6. The van der Waals surface area contributed by atoms with E-state index in [2.05, 4.69) is 11.1 Å². The van der Waals surface area contributed by atoms with Crippen LogP contribution in [0.5, 0.6) is 0 Å². The minimum atomic E-state index is -0.259. The van der Waals surface area contributed by atoms with Crippen molar-refractivity contribution in [2.75, 3.05) is 5.32 Å². The number of hydrogen-bond donors (Lipinski definition) is 2. The number of hydrogen-bond acceptors (Lipinski definition) is 1. The van der Waals surface area contributed by atoms with Gasteiger partial charge in [-0.05, 0) is 30.2 Å². The Hall–Kier alpha value is -2.13. The smallest absolute Gasteiger partial charge is 0.282 e. The number of nitrogens with one attached hydrogen (secondary N) is 1. The average Bonchev–Trinajstić information content (AvgIpc) is 2.40. The summed E-state index contributed by atoms with van der Waals surface area (Å²) in [5, 5.41) is 2.85. The number of rotatable bonds is 3. The predicted molar refractivity (Wildman–Crippen MR) is 72.9 cm³/mol. The fourth-order valence-electron chi connectivity index (χ4n) is 1.67. The molecule has 3 nitrogen and oxygen atoms in total. The standard InChI is InChI=1S/C15H16N2O/c1-11(16)15(18)17-14-9-5-8-13(10-14)12-6-3-2-4-7-12/h2-11H,16H2,1H3,(H,17,18)/p+1. The third kappa shape index (κ3) is 2.96. The highest BCUT2D eigenvalue weighted by Gasteiger charge is 2.10. The van der Waals surface area contributed by atoms with Crippen LogP contribution >= 0.6 is 0 Å². The fraction of sp³-hybridized carbons (Fsp3) is 0.133. The van der Waals surface area contributed by atoms with Crippen molar-refractivity contribution in [3.05, 3.63) is 54.6 Å². The van der Waals surface area contributed by atoms with Gasteiger partial charge in [0.2, 0.25) is 0 Å². The molecule has 92 valence electrons. The van der Waals surface area contributed by atoms with Gasteiger partial charge in [0.1, 0.15) is 0 Å². The lowest BCUT2D eigenvalue weighted by molar-refractivity contribution is -0.396. The van der Waals surface area contributed by atoms with Crippen LogP contribution in [0, 0.1) is 0 Å². The fourth-order valence-corrected chi connectivity index (χ4v) is 1.67. The van der Waals surface area contributed by atoms with Crippen molar-refractivity contribution in [3.63, 3.8) is 0 Å². The van der Waals surface area contributed by atoms with Crippen LogP contribution in [0.25, 0.3) is 11.1 Å². The number of quaternary nitrogens is 1. The van der Waals surface area contributed by atoms with Gasteiger partial charge in [-0.2, -0.15) is 0 Å². The Morgan fingerprint density at radius 2 is 1.72 bits per heavy atom. The van der Waals surface area contributed by atoms with E-state index >= 15 is 0 Å². The first-order chi connectivity index (χ1) is 8.66. The van der Waals surface area contributed by atoms with Gasteiger partial charge in [-0.3, -0.25) is 4.79 Å². The van der Waals surface area contributed by atoms with Crippen LogP contribution in [0.1, 0.15) is 6.92 Å². The van der Waals surface area contributed by atoms with Crippen LogP contribution in [-0.2, 0) is 4.79 Å². The third-order valence-corrected chi connectivity index (χ3v) is 2.68. The Bertz CT molecular complexity index is 535. The van der Waals surface area contributed by atoms with Crippen LogP contribution in [-0.4, -0.2) is 11.9 Å². The van der Waals surface area contributed by atoms with Gasteiger partial charge in [0.05, 0.1) is 0 Å². The van der Waals surface area contributed by atoms with E-state index in [9.17, 15) is 4.79 Å². The second-order valence-electron chi connectivity index (χ2n) is 4.34. The van der Waals surface area contributed by atoms with Crippen molar-refractivity contribution in [2.45, 2.75) is 13.0 Å². The summed E-state index contributed by atoms with van der Waals surface area (Å²) in [5.41, 5.74) is 6.73. The maximum atomic E-state index is 11.6. The summed E-state index contributed by atoms with van der Waals surface area (Å²) in [6, 6.07) is 17.6. The maximum Gasteiger partial charge on any atom is 0.282 e. The molecule has 2 aromatic carbocycles. The lowest BCUT2D eigenvalue weighted by Gasteiger charge is -2.08. The maximum absolute atomic E-state index is 11.6. The second-order valence-corrected chi connectivity index (χ2v) is 4.34. The molecule has 0 aliphatic rings. The highest BCUT2D eigenvalue weighted by molar-refractivity contribution is 5.94. The number of carbonyl (C=O) groups excluding carboxylic acids is 1. The SMILES string of the molecule is CC([NH3+])C(=O)Nc1cccc(-c2ccccc2)c1. The summed E-state index contributed by atoms with van der Waals surface area (Å²) >= 11 is 0. The number of benzene rings is 2. The molecule has 0 fully saturated rings. The third-order valence-electron chi connectivity index (χ3n) is 2.68. The monoisotopic (exact) mass is 241 g/mol. The summed E-state index contributed by atoms with van der Waals surface area (Å²) in [7, 11) is 0. The highest BCUT2D eigenvalue weighted by Crippen LogP contribution is 2.22. The van der Waals surface area contributed by atoms with E-state index in [-0.39, 0.29) is 11.9 Å². The summed E-state index contributed by atoms with van der Waals surface area (Å²) in [5.74, 6) is -0.0692. The van der Waals surface area contributed by atoms with E-state index < -0.39 is 0 Å².